The minimum atomic E-state index is 0.625. The highest BCUT2D eigenvalue weighted by molar-refractivity contribution is 7.25. The normalized spacial score (nSPS) is 12.1. The smallest absolute Gasteiger partial charge is 0.227 e. The van der Waals surface area contributed by atoms with Crippen LogP contribution < -0.4 is 9.80 Å². The Morgan fingerprint density at radius 2 is 0.732 bits per heavy atom. The molecule has 454 valence electrons. The number of benzene rings is 16. The molecule has 0 saturated carbocycles. The molecule has 7 nitrogen and oxygen atoms in total. The van der Waals surface area contributed by atoms with Crippen molar-refractivity contribution in [3.05, 3.63) is 327 Å². The molecule has 0 radical (unpaired) electrons. The van der Waals surface area contributed by atoms with E-state index >= 15 is 0 Å². The van der Waals surface area contributed by atoms with E-state index in [-0.39, 0.29) is 0 Å². The fourth-order valence-corrected chi connectivity index (χ4v) is 16.0. The number of hydrogen-bond acceptors (Lipinski definition) is 8. The molecular formula is C89H54N4O3S. The number of oxazole rings is 2. The number of anilines is 6. The van der Waals surface area contributed by atoms with Crippen LogP contribution in [0.15, 0.2) is 329 Å². The third kappa shape index (κ3) is 9.17. The van der Waals surface area contributed by atoms with Crippen LogP contribution in [-0.2, 0) is 6.42 Å². The Bertz CT molecular complexity index is 6580. The number of nitrogens with zero attached hydrogens (tertiary/aromatic N) is 4. The molecule has 4 aromatic heterocycles. The third-order valence-corrected chi connectivity index (χ3v) is 20.7. The average Bonchev–Trinajstić information content (AvgIpc) is 1.74. The lowest BCUT2D eigenvalue weighted by atomic mass is 9.99. The van der Waals surface area contributed by atoms with Crippen LogP contribution in [0.3, 0.4) is 0 Å². The number of hydrogen-bond donors (Lipinski definition) is 0. The standard InChI is InChI=1S/C46H28N2OS.C43H26N2O2/c1-2-8-30(9-3-1)46-47-41-22-18-29-15-14-28-16-19-34(26-39(28)44(29)45(41)49-46)48(33-20-17-32-24-31-10-4-5-11-36(31)38(32)25-33)35-21-23-43-40(27-35)37-12-6-7-13-42(37)50-43;1-2-9-30(10-3-1)43-44-38-22-18-29-15-14-28-17-20-33(25-36(28)41(29)42(38)47-43)45(32-19-16-27-8-4-5-11-31(27)24-32)34-21-23-40-37(26-34)35-12-6-7-13-39(35)46-40/h1-23,25-27H,24H2;1-26H. The Morgan fingerprint density at radius 3 is 1.41 bits per heavy atom. The lowest BCUT2D eigenvalue weighted by molar-refractivity contribution is 0.623. The molecule has 20 aromatic rings. The van der Waals surface area contributed by atoms with Gasteiger partial charge in [-0.25, -0.2) is 9.97 Å². The van der Waals surface area contributed by atoms with E-state index in [1.54, 1.807) is 0 Å². The first kappa shape index (κ1) is 54.9. The van der Waals surface area contributed by atoms with Crippen LogP contribution in [0.2, 0.25) is 0 Å². The van der Waals surface area contributed by atoms with Crippen molar-refractivity contribution in [2.24, 2.45) is 0 Å². The van der Waals surface area contributed by atoms with E-state index in [0.717, 1.165) is 139 Å². The number of thiophene rings is 1. The molecule has 16 aromatic carbocycles. The molecule has 0 amide bonds. The van der Waals surface area contributed by atoms with Crippen LogP contribution in [0, 0.1) is 0 Å². The van der Waals surface area contributed by atoms with Gasteiger partial charge in [0.2, 0.25) is 11.8 Å². The second-order valence-corrected chi connectivity index (χ2v) is 26.3. The molecule has 0 fully saturated rings. The lowest BCUT2D eigenvalue weighted by Crippen LogP contribution is -2.10. The Labute approximate surface area is 560 Å². The third-order valence-electron chi connectivity index (χ3n) is 19.5. The van der Waals surface area contributed by atoms with Crippen LogP contribution in [0.1, 0.15) is 11.1 Å². The van der Waals surface area contributed by atoms with Crippen molar-refractivity contribution in [3.63, 3.8) is 0 Å². The van der Waals surface area contributed by atoms with Crippen LogP contribution >= 0.6 is 11.3 Å². The van der Waals surface area contributed by atoms with Gasteiger partial charge in [0, 0.05) is 87.0 Å². The molecule has 0 atom stereocenters. The van der Waals surface area contributed by atoms with Crippen molar-refractivity contribution in [1.82, 2.24) is 9.97 Å². The predicted octanol–water partition coefficient (Wildman–Crippen LogP) is 25.5. The first-order chi connectivity index (χ1) is 48.0. The molecule has 1 aliphatic rings. The van der Waals surface area contributed by atoms with E-state index < -0.39 is 0 Å². The maximum absolute atomic E-state index is 6.59. The quantitative estimate of drug-likeness (QED) is 0.140. The topological polar surface area (TPSA) is 71.7 Å². The summed E-state index contributed by atoms with van der Waals surface area (Å²) < 4.78 is 21.9. The molecule has 0 N–H and O–H groups in total. The van der Waals surface area contributed by atoms with Crippen molar-refractivity contribution in [3.8, 4) is 34.0 Å². The molecule has 0 unspecified atom stereocenters. The van der Waals surface area contributed by atoms with E-state index in [1.807, 2.05) is 84.1 Å². The summed E-state index contributed by atoms with van der Waals surface area (Å²) in [5.74, 6) is 1.26. The first-order valence-electron chi connectivity index (χ1n) is 32.8. The zero-order valence-corrected chi connectivity index (χ0v) is 53.0. The van der Waals surface area contributed by atoms with Crippen molar-refractivity contribution >= 4 is 164 Å². The molecule has 97 heavy (non-hydrogen) atoms. The second-order valence-electron chi connectivity index (χ2n) is 25.2. The summed E-state index contributed by atoms with van der Waals surface area (Å²) >= 11 is 1.85. The summed E-state index contributed by atoms with van der Waals surface area (Å²) in [6.07, 6.45) is 0.971. The van der Waals surface area contributed by atoms with Gasteiger partial charge in [0.05, 0.1) is 0 Å². The highest BCUT2D eigenvalue weighted by atomic mass is 32.1. The molecule has 4 heterocycles. The van der Waals surface area contributed by atoms with Gasteiger partial charge in [-0.3, -0.25) is 0 Å². The Balaban J connectivity index is 0.000000132. The van der Waals surface area contributed by atoms with Gasteiger partial charge in [-0.15, -0.1) is 11.3 Å². The largest absolute Gasteiger partial charge is 0.456 e. The van der Waals surface area contributed by atoms with E-state index in [4.69, 9.17) is 23.2 Å². The van der Waals surface area contributed by atoms with E-state index in [2.05, 4.69) is 252 Å². The molecule has 0 spiro atoms. The fourth-order valence-electron chi connectivity index (χ4n) is 14.9. The number of furan rings is 1. The summed E-state index contributed by atoms with van der Waals surface area (Å²) in [5.41, 5.74) is 19.0. The van der Waals surface area contributed by atoms with Crippen molar-refractivity contribution in [1.29, 1.82) is 0 Å². The summed E-state index contributed by atoms with van der Waals surface area (Å²) in [7, 11) is 0. The molecule has 0 saturated heterocycles. The van der Waals surface area contributed by atoms with Crippen LogP contribution in [0.5, 0.6) is 0 Å². The predicted molar refractivity (Wildman–Crippen MR) is 404 cm³/mol. The van der Waals surface area contributed by atoms with Crippen LogP contribution in [0.4, 0.5) is 34.1 Å². The molecule has 21 rings (SSSR count). The van der Waals surface area contributed by atoms with Gasteiger partial charge in [-0.1, -0.05) is 182 Å². The Hall–Kier alpha value is -12.6. The highest BCUT2D eigenvalue weighted by Gasteiger charge is 2.24. The van der Waals surface area contributed by atoms with Gasteiger partial charge in [0.15, 0.2) is 11.2 Å². The number of aromatic nitrogens is 2. The summed E-state index contributed by atoms with van der Waals surface area (Å²) in [6.45, 7) is 0. The van der Waals surface area contributed by atoms with Crippen molar-refractivity contribution < 1.29 is 13.3 Å². The van der Waals surface area contributed by atoms with Crippen molar-refractivity contribution in [2.75, 3.05) is 9.80 Å². The average molecular weight is 1260 g/mol. The number of fused-ring (bicyclic) bond motifs is 20. The molecule has 0 aliphatic heterocycles. The van der Waals surface area contributed by atoms with Gasteiger partial charge >= 0.3 is 0 Å². The molecule has 1 aliphatic carbocycles. The summed E-state index contributed by atoms with van der Waals surface area (Å²) in [5, 5.41) is 16.1. The second kappa shape index (κ2) is 22.0. The van der Waals surface area contributed by atoms with Gasteiger partial charge in [0.25, 0.3) is 0 Å². The van der Waals surface area contributed by atoms with E-state index in [1.165, 1.54) is 53.2 Å². The first-order valence-corrected chi connectivity index (χ1v) is 33.6. The zero-order valence-electron chi connectivity index (χ0n) is 52.2. The Morgan fingerprint density at radius 1 is 0.278 bits per heavy atom. The van der Waals surface area contributed by atoms with E-state index in [9.17, 15) is 0 Å². The molecule has 0 bridgehead atoms. The number of para-hydroxylation sites is 1. The maximum atomic E-state index is 6.59. The zero-order chi connectivity index (χ0) is 63.7. The maximum Gasteiger partial charge on any atom is 0.227 e. The lowest BCUT2D eigenvalue weighted by Gasteiger charge is -2.27. The summed E-state index contributed by atoms with van der Waals surface area (Å²) in [4.78, 5) is 14.6. The summed E-state index contributed by atoms with van der Waals surface area (Å²) in [6, 6.07) is 112. The highest BCUT2D eigenvalue weighted by Crippen LogP contribution is 2.48. The molecular weight excluding hydrogens is 1210 g/mol. The minimum Gasteiger partial charge on any atom is -0.456 e. The van der Waals surface area contributed by atoms with Gasteiger partial charge in [0.1, 0.15) is 22.2 Å². The molecule has 8 heteroatoms. The minimum absolute atomic E-state index is 0.625. The van der Waals surface area contributed by atoms with Crippen LogP contribution in [0.25, 0.3) is 152 Å². The monoisotopic (exact) mass is 1260 g/mol. The Kier molecular flexibility index (Phi) is 12.4. The SMILES string of the molecule is c1ccc(-c2nc3ccc4ccc5ccc(N(c6ccc7c(c6)-c6ccccc6C7)c6ccc7sc8ccccc8c7c6)cc5c4c3o2)cc1.c1ccc(-c2nc3ccc4ccc5ccc(N(c6ccc7ccccc7c6)c6ccc7oc8ccccc8c7c6)cc5c4c3o2)cc1. The van der Waals surface area contributed by atoms with Crippen molar-refractivity contribution in [2.45, 2.75) is 6.42 Å². The fraction of sp³-hybridized carbons (Fsp3) is 0.0112. The van der Waals surface area contributed by atoms with E-state index in [0.29, 0.717) is 11.8 Å². The van der Waals surface area contributed by atoms with Gasteiger partial charge in [-0.05, 0) is 205 Å². The van der Waals surface area contributed by atoms with Gasteiger partial charge in [-0.2, -0.15) is 0 Å². The number of rotatable bonds is 8. The van der Waals surface area contributed by atoms with Gasteiger partial charge < -0.3 is 23.1 Å². The van der Waals surface area contributed by atoms with Crippen LogP contribution in [-0.4, -0.2) is 9.97 Å².